The molecule has 0 fully saturated rings. The molecule has 0 spiro atoms. The van der Waals surface area contributed by atoms with E-state index in [0.717, 1.165) is 26.2 Å². The average molecular weight is 411 g/mol. The van der Waals surface area contributed by atoms with Crippen LogP contribution in [0.4, 0.5) is 11.4 Å². The zero-order chi connectivity index (χ0) is 19.8. The summed E-state index contributed by atoms with van der Waals surface area (Å²) in [6, 6.07) is 8.35. The molecule has 0 atom stereocenters. The molecule has 1 aromatic carbocycles. The largest absolute Gasteiger partial charge is 0.394 e. The second-order valence-electron chi connectivity index (χ2n) is 5.95. The smallest absolute Gasteiger partial charge is 0.352 e. The van der Waals surface area contributed by atoms with Gasteiger partial charge < -0.3 is 9.80 Å². The van der Waals surface area contributed by atoms with E-state index in [9.17, 15) is 8.42 Å². The molecule has 3 N–H and O–H groups in total. The van der Waals surface area contributed by atoms with E-state index >= 15 is 0 Å². The van der Waals surface area contributed by atoms with Crippen molar-refractivity contribution in [2.75, 3.05) is 35.3 Å². The van der Waals surface area contributed by atoms with Gasteiger partial charge in [-0.3, -0.25) is 13.7 Å². The van der Waals surface area contributed by atoms with Crippen molar-refractivity contribution in [1.82, 2.24) is 0 Å². The highest BCUT2D eigenvalue weighted by molar-refractivity contribution is 7.85. The van der Waals surface area contributed by atoms with E-state index in [-0.39, 0.29) is 5.75 Å². The maximum Gasteiger partial charge on any atom is 0.394 e. The number of nitrogens with zero attached hydrogens (tertiary/aromatic N) is 2. The van der Waals surface area contributed by atoms with E-state index in [4.69, 9.17) is 22.1 Å². The quantitative estimate of drug-likeness (QED) is 0.435. The van der Waals surface area contributed by atoms with Crippen LogP contribution in [0.25, 0.3) is 0 Å². The third-order valence-electron chi connectivity index (χ3n) is 3.77. The molecule has 0 radical (unpaired) electrons. The predicted molar refractivity (Wildman–Crippen MR) is 101 cm³/mol. The molecule has 0 aromatic heterocycles. The van der Waals surface area contributed by atoms with Crippen molar-refractivity contribution in [3.8, 4) is 0 Å². The Labute approximate surface area is 154 Å². The Bertz CT molecular complexity index is 758. The summed E-state index contributed by atoms with van der Waals surface area (Å²) in [4.78, 5) is 4.66. The van der Waals surface area contributed by atoms with Gasteiger partial charge >= 0.3 is 10.4 Å². The zero-order valence-corrected chi connectivity index (χ0v) is 16.3. The fourth-order valence-electron chi connectivity index (χ4n) is 2.68. The highest BCUT2D eigenvalue weighted by Crippen LogP contribution is 2.35. The first kappa shape index (κ1) is 22.6. The molecule has 0 unspecified atom stereocenters. The highest BCUT2D eigenvalue weighted by atomic mass is 32.3. The lowest BCUT2D eigenvalue weighted by molar-refractivity contribution is 0.381. The first-order valence-electron chi connectivity index (χ1n) is 8.25. The lowest BCUT2D eigenvalue weighted by Crippen LogP contribution is -2.32. The molecule has 2 rings (SSSR count). The van der Waals surface area contributed by atoms with Crippen molar-refractivity contribution < 1.29 is 30.5 Å². The van der Waals surface area contributed by atoms with Crippen LogP contribution in [-0.2, 0) is 20.5 Å². The summed E-state index contributed by atoms with van der Waals surface area (Å²) in [5, 5.41) is 0. The number of anilines is 2. The normalized spacial score (nSPS) is 14.0. The lowest BCUT2D eigenvalue weighted by Gasteiger charge is -2.21. The molecule has 1 heterocycles. The van der Waals surface area contributed by atoms with Crippen molar-refractivity contribution >= 4 is 31.9 Å². The average Bonchev–Trinajstić information content (AvgIpc) is 2.85. The minimum absolute atomic E-state index is 0.151. The van der Waals surface area contributed by atoms with E-state index in [1.54, 1.807) is 0 Å². The van der Waals surface area contributed by atoms with E-state index in [1.807, 2.05) is 6.07 Å². The molecule has 150 valence electrons. The highest BCUT2D eigenvalue weighted by Gasteiger charge is 2.24. The topological polar surface area (TPSA) is 135 Å². The lowest BCUT2D eigenvalue weighted by atomic mass is 10.2. The fraction of sp³-hybridized carbons (Fsp3) is 0.600. The zero-order valence-electron chi connectivity index (χ0n) is 14.7. The van der Waals surface area contributed by atoms with Crippen LogP contribution in [0.1, 0.15) is 32.6 Å². The molecule has 26 heavy (non-hydrogen) atoms. The van der Waals surface area contributed by atoms with Crippen molar-refractivity contribution in [3.05, 3.63) is 24.3 Å². The minimum atomic E-state index is -4.67. The molecule has 0 saturated carbocycles. The molecule has 1 aliphatic rings. The van der Waals surface area contributed by atoms with Crippen LogP contribution in [-0.4, -0.2) is 56.0 Å². The van der Waals surface area contributed by atoms with Gasteiger partial charge in [0.25, 0.3) is 10.1 Å². The van der Waals surface area contributed by atoms with Crippen LogP contribution in [0, 0.1) is 0 Å². The first-order valence-corrected chi connectivity index (χ1v) is 11.3. The third kappa shape index (κ3) is 9.34. The van der Waals surface area contributed by atoms with Gasteiger partial charge in [-0.25, -0.2) is 0 Å². The fourth-order valence-corrected chi connectivity index (χ4v) is 3.24. The number of para-hydroxylation sites is 2. The predicted octanol–water partition coefficient (Wildman–Crippen LogP) is 2.09. The van der Waals surface area contributed by atoms with Crippen LogP contribution >= 0.6 is 0 Å². The maximum atomic E-state index is 10.7. The van der Waals surface area contributed by atoms with Crippen LogP contribution in [0.5, 0.6) is 0 Å². The molecule has 1 aliphatic heterocycles. The van der Waals surface area contributed by atoms with Crippen molar-refractivity contribution in [1.29, 1.82) is 0 Å². The SMILES string of the molecule is CCCCN1CN(CCCCS(=O)(=O)O)c2ccccc21.O=S(=O)(O)O. The van der Waals surface area contributed by atoms with Gasteiger partial charge in [-0.1, -0.05) is 25.5 Å². The summed E-state index contributed by atoms with van der Waals surface area (Å²) in [5.41, 5.74) is 2.49. The molecule has 9 nitrogen and oxygen atoms in total. The minimum Gasteiger partial charge on any atom is -0.352 e. The molecule has 0 bridgehead atoms. The van der Waals surface area contributed by atoms with Crippen molar-refractivity contribution in [3.63, 3.8) is 0 Å². The molecule has 0 saturated heterocycles. The van der Waals surface area contributed by atoms with Crippen LogP contribution in [0.15, 0.2) is 24.3 Å². The Hall–Kier alpha value is -1.40. The van der Waals surface area contributed by atoms with Gasteiger partial charge in [0, 0.05) is 13.1 Å². The number of hydrogen-bond donors (Lipinski definition) is 3. The van der Waals surface area contributed by atoms with E-state index in [1.165, 1.54) is 24.2 Å². The molecule has 0 amide bonds. The number of unbranched alkanes of at least 4 members (excludes halogenated alkanes) is 2. The summed E-state index contributed by atoms with van der Waals surface area (Å²) < 4.78 is 61.8. The first-order chi connectivity index (χ1) is 12.0. The Balaban J connectivity index is 0.000000597. The second-order valence-corrected chi connectivity index (χ2v) is 8.42. The standard InChI is InChI=1S/C15H24N2O3S.H2O4S/c1-2-3-10-16-13-17(11-6-7-12-21(18,19)20)15-9-5-4-8-14(15)16;1-5(2,3)4/h4-5,8-9H,2-3,6-7,10-13H2,1H3,(H,18,19,20);(H2,1,2,3,4). The van der Waals surface area contributed by atoms with Gasteiger partial charge in [0.2, 0.25) is 0 Å². The monoisotopic (exact) mass is 410 g/mol. The van der Waals surface area contributed by atoms with Gasteiger partial charge in [-0.05, 0) is 31.4 Å². The van der Waals surface area contributed by atoms with Crippen molar-refractivity contribution in [2.45, 2.75) is 32.6 Å². The Morgan fingerprint density at radius 3 is 1.77 bits per heavy atom. The Kier molecular flexibility index (Phi) is 8.77. The van der Waals surface area contributed by atoms with Crippen LogP contribution in [0.2, 0.25) is 0 Å². The van der Waals surface area contributed by atoms with E-state index in [2.05, 4.69) is 34.9 Å². The molecular weight excluding hydrogens is 384 g/mol. The van der Waals surface area contributed by atoms with Crippen molar-refractivity contribution in [2.24, 2.45) is 0 Å². The van der Waals surface area contributed by atoms with Crippen LogP contribution in [0.3, 0.4) is 0 Å². The van der Waals surface area contributed by atoms with Gasteiger partial charge in [0.15, 0.2) is 0 Å². The third-order valence-corrected chi connectivity index (χ3v) is 4.57. The number of fused-ring (bicyclic) bond motifs is 1. The summed E-state index contributed by atoms with van der Waals surface area (Å²) >= 11 is 0. The summed E-state index contributed by atoms with van der Waals surface area (Å²) in [7, 11) is -8.50. The van der Waals surface area contributed by atoms with Crippen LogP contribution < -0.4 is 9.80 Å². The molecular formula is C15H26N2O7S2. The van der Waals surface area contributed by atoms with E-state index < -0.39 is 20.5 Å². The van der Waals surface area contributed by atoms with Gasteiger partial charge in [-0.2, -0.15) is 16.8 Å². The van der Waals surface area contributed by atoms with Gasteiger partial charge in [0.1, 0.15) is 0 Å². The van der Waals surface area contributed by atoms with Gasteiger partial charge in [-0.15, -0.1) is 0 Å². The molecule has 0 aliphatic carbocycles. The summed E-state index contributed by atoms with van der Waals surface area (Å²) in [5.74, 6) is -0.151. The Morgan fingerprint density at radius 2 is 1.35 bits per heavy atom. The summed E-state index contributed by atoms with van der Waals surface area (Å²) in [6.45, 7) is 4.92. The number of benzene rings is 1. The van der Waals surface area contributed by atoms with E-state index in [0.29, 0.717) is 6.42 Å². The molecule has 11 heteroatoms. The maximum absolute atomic E-state index is 10.7. The Morgan fingerprint density at radius 1 is 0.885 bits per heavy atom. The molecule has 1 aromatic rings. The number of hydrogen-bond acceptors (Lipinski definition) is 6. The number of rotatable bonds is 8. The second kappa shape index (κ2) is 10.1. The van der Waals surface area contributed by atoms with Gasteiger partial charge in [0.05, 0.1) is 23.8 Å². The summed E-state index contributed by atoms with van der Waals surface area (Å²) in [6.07, 6.45) is 3.60.